The molecule has 1 spiro atoms. The molecule has 0 aromatic heterocycles. The van der Waals surface area contributed by atoms with Gasteiger partial charge in [-0.25, -0.2) is 4.79 Å². The van der Waals surface area contributed by atoms with Crippen LogP contribution < -0.4 is 14.8 Å². The van der Waals surface area contributed by atoms with Gasteiger partial charge in [0.25, 0.3) is 0 Å². The smallest absolute Gasteiger partial charge is 0.321 e. The van der Waals surface area contributed by atoms with E-state index < -0.39 is 0 Å². The molecule has 0 aliphatic carbocycles. The minimum absolute atomic E-state index is 0.0444. The first-order chi connectivity index (χ1) is 11.7. The largest absolute Gasteiger partial charge is 0.454 e. The van der Waals surface area contributed by atoms with E-state index in [-0.39, 0.29) is 18.4 Å². The number of anilines is 1. The van der Waals surface area contributed by atoms with Crippen molar-refractivity contribution >= 4 is 11.7 Å². The van der Waals surface area contributed by atoms with Crippen LogP contribution in [0.1, 0.15) is 12.8 Å². The van der Waals surface area contributed by atoms with Crippen LogP contribution in [-0.2, 0) is 4.74 Å². The standard InChI is InChI=1S/C17H23N3O4/c1-19-6-7-20(11-17(19)4-8-22-9-5-17)16(21)18-13-2-3-14-15(10-13)24-12-23-14/h2-3,10H,4-9,11-12H2,1H3,(H,18,21). The lowest BCUT2D eigenvalue weighted by Gasteiger charge is -2.51. The highest BCUT2D eigenvalue weighted by atomic mass is 16.7. The Hall–Kier alpha value is -1.99. The lowest BCUT2D eigenvalue weighted by molar-refractivity contribution is -0.0504. The van der Waals surface area contributed by atoms with Crippen molar-refractivity contribution in [2.75, 3.05) is 52.0 Å². The maximum absolute atomic E-state index is 12.7. The first-order valence-corrected chi connectivity index (χ1v) is 8.41. The van der Waals surface area contributed by atoms with Gasteiger partial charge in [0.15, 0.2) is 11.5 Å². The summed E-state index contributed by atoms with van der Waals surface area (Å²) >= 11 is 0. The third-order valence-corrected chi connectivity index (χ3v) is 5.33. The van der Waals surface area contributed by atoms with E-state index in [2.05, 4.69) is 17.3 Å². The van der Waals surface area contributed by atoms with Gasteiger partial charge in [-0.05, 0) is 32.0 Å². The normalized spacial score (nSPS) is 22.6. The predicted molar refractivity (Wildman–Crippen MR) is 88.6 cm³/mol. The molecule has 2 saturated heterocycles. The summed E-state index contributed by atoms with van der Waals surface area (Å²) in [4.78, 5) is 17.0. The van der Waals surface area contributed by atoms with Crippen molar-refractivity contribution in [1.82, 2.24) is 9.80 Å². The number of rotatable bonds is 1. The monoisotopic (exact) mass is 333 g/mol. The number of nitrogens with zero attached hydrogens (tertiary/aromatic N) is 2. The minimum Gasteiger partial charge on any atom is -0.454 e. The first kappa shape index (κ1) is 15.5. The van der Waals surface area contributed by atoms with Gasteiger partial charge in [-0.3, -0.25) is 4.90 Å². The molecule has 3 heterocycles. The molecule has 1 aromatic rings. The number of carbonyl (C=O) groups excluding carboxylic acids is 1. The number of nitrogens with one attached hydrogen (secondary N) is 1. The van der Waals surface area contributed by atoms with Crippen molar-refractivity contribution in [3.8, 4) is 11.5 Å². The number of carbonyl (C=O) groups is 1. The van der Waals surface area contributed by atoms with Gasteiger partial charge in [0.2, 0.25) is 6.79 Å². The van der Waals surface area contributed by atoms with Crippen LogP contribution in [0, 0.1) is 0 Å². The molecule has 7 nitrogen and oxygen atoms in total. The lowest BCUT2D eigenvalue weighted by atomic mass is 9.86. The van der Waals surface area contributed by atoms with Crippen LogP contribution in [0.4, 0.5) is 10.5 Å². The van der Waals surface area contributed by atoms with Crippen LogP contribution in [0.5, 0.6) is 11.5 Å². The maximum atomic E-state index is 12.7. The van der Waals surface area contributed by atoms with Crippen molar-refractivity contribution < 1.29 is 19.0 Å². The van der Waals surface area contributed by atoms with Crippen LogP contribution in [0.15, 0.2) is 18.2 Å². The Morgan fingerprint density at radius 3 is 2.79 bits per heavy atom. The molecular formula is C17H23N3O4. The molecule has 0 saturated carbocycles. The molecule has 24 heavy (non-hydrogen) atoms. The van der Waals surface area contributed by atoms with Crippen molar-refractivity contribution in [2.24, 2.45) is 0 Å². The van der Waals surface area contributed by atoms with Crippen LogP contribution in [0.25, 0.3) is 0 Å². The summed E-state index contributed by atoms with van der Waals surface area (Å²) < 4.78 is 16.2. The lowest BCUT2D eigenvalue weighted by Crippen LogP contribution is -2.64. The fraction of sp³-hybridized carbons (Fsp3) is 0.588. The third-order valence-electron chi connectivity index (χ3n) is 5.33. The number of amides is 2. The van der Waals surface area contributed by atoms with Gasteiger partial charge in [-0.1, -0.05) is 0 Å². The molecule has 1 N–H and O–H groups in total. The average Bonchev–Trinajstić information content (AvgIpc) is 3.06. The summed E-state index contributed by atoms with van der Waals surface area (Å²) in [5.74, 6) is 1.39. The summed E-state index contributed by atoms with van der Waals surface area (Å²) in [5.41, 5.74) is 0.770. The topological polar surface area (TPSA) is 63.3 Å². The fourth-order valence-electron chi connectivity index (χ4n) is 3.70. The summed E-state index contributed by atoms with van der Waals surface area (Å²) in [6, 6.07) is 5.40. The van der Waals surface area contributed by atoms with Crippen molar-refractivity contribution in [2.45, 2.75) is 18.4 Å². The summed E-state index contributed by atoms with van der Waals surface area (Å²) in [5, 5.41) is 2.98. The molecule has 0 unspecified atom stereocenters. The molecule has 2 fully saturated rings. The SMILES string of the molecule is CN1CCN(C(=O)Nc2ccc3c(c2)OCO3)CC12CCOCC2. The zero-order valence-electron chi connectivity index (χ0n) is 13.9. The van der Waals surface area contributed by atoms with E-state index in [1.165, 1.54) is 0 Å². The van der Waals surface area contributed by atoms with Crippen LogP contribution in [-0.4, -0.2) is 68.1 Å². The number of benzene rings is 1. The van der Waals surface area contributed by atoms with Crippen LogP contribution >= 0.6 is 0 Å². The number of urea groups is 1. The molecular weight excluding hydrogens is 310 g/mol. The number of likely N-dealkylation sites (N-methyl/N-ethyl adjacent to an activating group) is 1. The second-order valence-electron chi connectivity index (χ2n) is 6.68. The number of hydrogen-bond donors (Lipinski definition) is 1. The average molecular weight is 333 g/mol. The molecule has 0 radical (unpaired) electrons. The van der Waals surface area contributed by atoms with E-state index in [1.807, 2.05) is 17.0 Å². The number of ether oxygens (including phenoxy) is 3. The van der Waals surface area contributed by atoms with E-state index in [0.717, 1.165) is 51.4 Å². The Balaban J connectivity index is 1.44. The van der Waals surface area contributed by atoms with E-state index in [9.17, 15) is 4.79 Å². The van der Waals surface area contributed by atoms with E-state index in [1.54, 1.807) is 6.07 Å². The summed E-state index contributed by atoms with van der Waals surface area (Å²) in [6.07, 6.45) is 1.94. The molecule has 3 aliphatic heterocycles. The highest BCUT2D eigenvalue weighted by molar-refractivity contribution is 5.90. The van der Waals surface area contributed by atoms with Gasteiger partial charge < -0.3 is 24.4 Å². The number of fused-ring (bicyclic) bond motifs is 1. The summed E-state index contributed by atoms with van der Waals surface area (Å²) in [6.45, 7) is 4.12. The van der Waals surface area contributed by atoms with Gasteiger partial charge in [0.1, 0.15) is 0 Å². The highest BCUT2D eigenvalue weighted by Crippen LogP contribution is 2.35. The molecule has 130 valence electrons. The predicted octanol–water partition coefficient (Wildman–Crippen LogP) is 1.74. The van der Waals surface area contributed by atoms with E-state index in [0.29, 0.717) is 11.5 Å². The Morgan fingerprint density at radius 1 is 1.17 bits per heavy atom. The minimum atomic E-state index is -0.0622. The Labute approximate surface area is 141 Å². The molecule has 1 aromatic carbocycles. The second kappa shape index (κ2) is 6.14. The Bertz CT molecular complexity index is 630. The highest BCUT2D eigenvalue weighted by Gasteiger charge is 2.42. The van der Waals surface area contributed by atoms with E-state index in [4.69, 9.17) is 14.2 Å². The Kier molecular flexibility index (Phi) is 3.97. The number of piperazine rings is 1. The van der Waals surface area contributed by atoms with Crippen LogP contribution in [0.2, 0.25) is 0 Å². The van der Waals surface area contributed by atoms with Gasteiger partial charge in [0, 0.05) is 50.1 Å². The van der Waals surface area contributed by atoms with Gasteiger partial charge in [-0.2, -0.15) is 0 Å². The van der Waals surface area contributed by atoms with Crippen molar-refractivity contribution in [1.29, 1.82) is 0 Å². The van der Waals surface area contributed by atoms with Gasteiger partial charge >= 0.3 is 6.03 Å². The molecule has 0 atom stereocenters. The number of hydrogen-bond acceptors (Lipinski definition) is 5. The van der Waals surface area contributed by atoms with Crippen molar-refractivity contribution in [3.05, 3.63) is 18.2 Å². The molecule has 3 aliphatic rings. The van der Waals surface area contributed by atoms with E-state index >= 15 is 0 Å². The summed E-state index contributed by atoms with van der Waals surface area (Å²) in [7, 11) is 2.15. The fourth-order valence-corrected chi connectivity index (χ4v) is 3.70. The van der Waals surface area contributed by atoms with Gasteiger partial charge in [0.05, 0.1) is 0 Å². The third kappa shape index (κ3) is 2.78. The quantitative estimate of drug-likeness (QED) is 0.848. The zero-order chi connectivity index (χ0) is 16.6. The van der Waals surface area contributed by atoms with Crippen molar-refractivity contribution in [3.63, 3.8) is 0 Å². The zero-order valence-corrected chi connectivity index (χ0v) is 13.9. The second-order valence-corrected chi connectivity index (χ2v) is 6.68. The molecule has 4 rings (SSSR count). The Morgan fingerprint density at radius 2 is 1.96 bits per heavy atom. The molecule has 7 heteroatoms. The molecule has 0 bridgehead atoms. The van der Waals surface area contributed by atoms with Gasteiger partial charge in [-0.15, -0.1) is 0 Å². The first-order valence-electron chi connectivity index (χ1n) is 8.41. The maximum Gasteiger partial charge on any atom is 0.321 e. The molecule has 2 amide bonds. The van der Waals surface area contributed by atoms with Crippen LogP contribution in [0.3, 0.4) is 0 Å².